The predicted molar refractivity (Wildman–Crippen MR) is 67.2 cm³/mol. The number of alkyl halides is 3. The molecule has 0 amide bonds. The Hall–Kier alpha value is -1.03. The lowest BCUT2D eigenvalue weighted by Gasteiger charge is -2.20. The van der Waals surface area contributed by atoms with Gasteiger partial charge in [-0.2, -0.15) is 13.2 Å². The van der Waals surface area contributed by atoms with Gasteiger partial charge in [-0.3, -0.25) is 0 Å². The van der Waals surface area contributed by atoms with Gasteiger partial charge < -0.3 is 5.32 Å². The lowest BCUT2D eigenvalue weighted by molar-refractivity contribution is -0.137. The minimum absolute atomic E-state index is 0.296. The zero-order valence-electron chi connectivity index (χ0n) is 11.0. The highest BCUT2D eigenvalue weighted by atomic mass is 19.4. The zero-order chi connectivity index (χ0) is 13.8. The van der Waals surface area contributed by atoms with E-state index in [9.17, 15) is 13.2 Å². The van der Waals surface area contributed by atoms with Gasteiger partial charge in [-0.1, -0.05) is 38.5 Å². The van der Waals surface area contributed by atoms with Crippen LogP contribution in [0.3, 0.4) is 0 Å². The van der Waals surface area contributed by atoms with Gasteiger partial charge in [0.1, 0.15) is 0 Å². The van der Waals surface area contributed by atoms with Gasteiger partial charge in [0.25, 0.3) is 0 Å². The minimum Gasteiger partial charge on any atom is -0.310 e. The summed E-state index contributed by atoms with van der Waals surface area (Å²) in [4.78, 5) is 0. The van der Waals surface area contributed by atoms with E-state index < -0.39 is 11.7 Å². The molecule has 18 heavy (non-hydrogen) atoms. The molecule has 1 aromatic rings. The summed E-state index contributed by atoms with van der Waals surface area (Å²) in [6.45, 7) is 6.76. The van der Waals surface area contributed by atoms with E-state index in [0.29, 0.717) is 24.1 Å². The third-order valence-electron chi connectivity index (χ3n) is 3.38. The zero-order valence-corrected chi connectivity index (χ0v) is 11.0. The largest absolute Gasteiger partial charge is 0.416 e. The molecule has 0 aliphatic carbocycles. The molecule has 0 aromatic heterocycles. The molecule has 0 spiro atoms. The lowest BCUT2D eigenvalue weighted by Crippen LogP contribution is -2.31. The van der Waals surface area contributed by atoms with Crippen molar-refractivity contribution in [2.75, 3.05) is 0 Å². The molecule has 0 aliphatic rings. The second-order valence-electron chi connectivity index (χ2n) is 4.75. The quantitative estimate of drug-likeness (QED) is 0.834. The Morgan fingerprint density at radius 3 is 2.44 bits per heavy atom. The summed E-state index contributed by atoms with van der Waals surface area (Å²) in [7, 11) is 0. The molecule has 0 heterocycles. The molecule has 0 aliphatic heterocycles. The van der Waals surface area contributed by atoms with Gasteiger partial charge in [-0.25, -0.2) is 0 Å². The molecular formula is C14H20F3N. The number of hydrogen-bond acceptors (Lipinski definition) is 1. The first-order valence-electron chi connectivity index (χ1n) is 6.24. The van der Waals surface area contributed by atoms with E-state index in [1.165, 1.54) is 12.1 Å². The minimum atomic E-state index is -4.27. The van der Waals surface area contributed by atoms with Gasteiger partial charge >= 0.3 is 6.18 Å². The second kappa shape index (κ2) is 6.23. The summed E-state index contributed by atoms with van der Waals surface area (Å²) in [5.41, 5.74) is 0.0815. The first kappa shape index (κ1) is 15.0. The second-order valence-corrected chi connectivity index (χ2v) is 4.75. The molecule has 1 aromatic carbocycles. The van der Waals surface area contributed by atoms with E-state index in [4.69, 9.17) is 0 Å². The summed E-state index contributed by atoms with van der Waals surface area (Å²) in [6, 6.07) is 5.77. The van der Waals surface area contributed by atoms with Crippen LogP contribution in [0.25, 0.3) is 0 Å². The molecule has 0 saturated carbocycles. The summed E-state index contributed by atoms with van der Waals surface area (Å²) < 4.78 is 37.6. The van der Waals surface area contributed by atoms with E-state index in [-0.39, 0.29) is 0 Å². The van der Waals surface area contributed by atoms with Crippen molar-refractivity contribution in [3.05, 3.63) is 35.4 Å². The van der Waals surface area contributed by atoms with Crippen molar-refractivity contribution in [1.82, 2.24) is 5.32 Å². The number of halogens is 3. The van der Waals surface area contributed by atoms with E-state index in [1.54, 1.807) is 6.07 Å². The smallest absolute Gasteiger partial charge is 0.310 e. The highest BCUT2D eigenvalue weighted by molar-refractivity contribution is 5.25. The summed E-state index contributed by atoms with van der Waals surface area (Å²) in [6.07, 6.45) is -3.21. The molecular weight excluding hydrogens is 239 g/mol. The Morgan fingerprint density at radius 2 is 1.89 bits per heavy atom. The topological polar surface area (TPSA) is 12.0 Å². The molecule has 1 rings (SSSR count). The fraction of sp³-hybridized carbons (Fsp3) is 0.571. The Morgan fingerprint density at radius 1 is 1.22 bits per heavy atom. The van der Waals surface area contributed by atoms with Crippen LogP contribution in [0, 0.1) is 5.92 Å². The molecule has 0 fully saturated rings. The summed E-state index contributed by atoms with van der Waals surface area (Å²) in [5.74, 6) is 0.510. The maximum absolute atomic E-state index is 12.5. The number of hydrogen-bond donors (Lipinski definition) is 1. The first-order chi connectivity index (χ1) is 8.34. The highest BCUT2D eigenvalue weighted by Gasteiger charge is 2.30. The van der Waals surface area contributed by atoms with Crippen LogP contribution in [0.2, 0.25) is 0 Å². The van der Waals surface area contributed by atoms with Crippen molar-refractivity contribution < 1.29 is 13.2 Å². The summed E-state index contributed by atoms with van der Waals surface area (Å²) >= 11 is 0. The van der Waals surface area contributed by atoms with Gasteiger partial charge in [-0.05, 0) is 24.5 Å². The molecule has 0 bridgehead atoms. The average Bonchev–Trinajstić information content (AvgIpc) is 2.34. The Bertz CT molecular complexity index is 374. The van der Waals surface area contributed by atoms with E-state index in [0.717, 1.165) is 12.5 Å². The fourth-order valence-corrected chi connectivity index (χ4v) is 1.69. The first-order valence-corrected chi connectivity index (χ1v) is 6.24. The Labute approximate surface area is 106 Å². The molecule has 4 heteroatoms. The van der Waals surface area contributed by atoms with Crippen LogP contribution in [0.15, 0.2) is 24.3 Å². The van der Waals surface area contributed by atoms with Crippen LogP contribution in [0.5, 0.6) is 0 Å². The Kier molecular flexibility index (Phi) is 5.20. The monoisotopic (exact) mass is 259 g/mol. The normalized spacial score (nSPS) is 15.4. The summed E-state index contributed by atoms with van der Waals surface area (Å²) in [5, 5.41) is 3.26. The van der Waals surface area contributed by atoms with Gasteiger partial charge in [0.15, 0.2) is 0 Å². The van der Waals surface area contributed by atoms with E-state index in [2.05, 4.69) is 26.1 Å². The maximum Gasteiger partial charge on any atom is 0.416 e. The van der Waals surface area contributed by atoms with E-state index in [1.807, 2.05) is 0 Å². The van der Waals surface area contributed by atoms with Crippen LogP contribution in [-0.2, 0) is 12.7 Å². The van der Waals surface area contributed by atoms with Gasteiger partial charge in [0, 0.05) is 12.6 Å². The molecule has 102 valence electrons. The number of rotatable bonds is 5. The van der Waals surface area contributed by atoms with Crippen molar-refractivity contribution >= 4 is 0 Å². The predicted octanol–water partition coefficient (Wildman–Crippen LogP) is 4.23. The number of nitrogens with one attached hydrogen (secondary N) is 1. The van der Waals surface area contributed by atoms with E-state index >= 15 is 0 Å². The standard InChI is InChI=1S/C14H20F3N/c1-4-10(2)11(3)18-9-12-6-5-7-13(8-12)14(15,16)17/h5-8,10-11,18H,4,9H2,1-3H3. The molecule has 2 atom stereocenters. The van der Waals surface area contributed by atoms with Crippen molar-refractivity contribution in [3.8, 4) is 0 Å². The molecule has 2 unspecified atom stereocenters. The van der Waals surface area contributed by atoms with Crippen LogP contribution in [0.1, 0.15) is 38.3 Å². The Balaban J connectivity index is 2.63. The number of benzene rings is 1. The SMILES string of the molecule is CCC(C)C(C)NCc1cccc(C(F)(F)F)c1. The molecule has 0 radical (unpaired) electrons. The third kappa shape index (κ3) is 4.33. The van der Waals surface area contributed by atoms with Crippen LogP contribution in [-0.4, -0.2) is 6.04 Å². The van der Waals surface area contributed by atoms with Crippen molar-refractivity contribution in [2.45, 2.75) is 46.0 Å². The third-order valence-corrected chi connectivity index (χ3v) is 3.38. The fourth-order valence-electron chi connectivity index (χ4n) is 1.69. The van der Waals surface area contributed by atoms with Crippen LogP contribution >= 0.6 is 0 Å². The van der Waals surface area contributed by atoms with Crippen LogP contribution < -0.4 is 5.32 Å². The van der Waals surface area contributed by atoms with Gasteiger partial charge in [0.05, 0.1) is 5.56 Å². The van der Waals surface area contributed by atoms with Crippen LogP contribution in [0.4, 0.5) is 13.2 Å². The lowest BCUT2D eigenvalue weighted by atomic mass is 10.0. The van der Waals surface area contributed by atoms with Crippen molar-refractivity contribution in [1.29, 1.82) is 0 Å². The van der Waals surface area contributed by atoms with Gasteiger partial charge in [-0.15, -0.1) is 0 Å². The molecule has 0 saturated heterocycles. The van der Waals surface area contributed by atoms with Crippen molar-refractivity contribution in [3.63, 3.8) is 0 Å². The van der Waals surface area contributed by atoms with Gasteiger partial charge in [0.2, 0.25) is 0 Å². The molecule has 1 N–H and O–H groups in total. The molecule has 1 nitrogen and oxygen atoms in total. The average molecular weight is 259 g/mol. The van der Waals surface area contributed by atoms with Crippen molar-refractivity contribution in [2.24, 2.45) is 5.92 Å². The highest BCUT2D eigenvalue weighted by Crippen LogP contribution is 2.29. The maximum atomic E-state index is 12.5.